The fraction of sp³-hybridized carbons (Fsp3) is 0.643. The molecule has 0 aromatic carbocycles. The maximum absolute atomic E-state index is 9.31. The molecule has 1 aliphatic heterocycles. The summed E-state index contributed by atoms with van der Waals surface area (Å²) in [7, 11) is 0. The molecule has 1 aliphatic rings. The predicted molar refractivity (Wildman–Crippen MR) is 77.4 cm³/mol. The first-order valence-electron chi connectivity index (χ1n) is 7.06. The fourth-order valence-corrected chi connectivity index (χ4v) is 2.49. The topological polar surface area (TPSA) is 51.6 Å². The zero-order valence-corrected chi connectivity index (χ0v) is 11.6. The molecule has 106 valence electrons. The van der Waals surface area contributed by atoms with Gasteiger partial charge < -0.3 is 15.3 Å². The summed E-state index contributed by atoms with van der Waals surface area (Å²) in [4.78, 5) is 9.11. The number of nitrogens with zero attached hydrogens (tertiary/aromatic N) is 3. The Balaban J connectivity index is 1.79. The Morgan fingerprint density at radius 3 is 2.68 bits per heavy atom. The molecule has 1 saturated heterocycles. The van der Waals surface area contributed by atoms with E-state index in [4.69, 9.17) is 0 Å². The van der Waals surface area contributed by atoms with E-state index < -0.39 is 0 Å². The SMILES string of the molecule is CCNC(CO)CN1CCN(c2ccccn2)CC1. The highest BCUT2D eigenvalue weighted by Crippen LogP contribution is 2.12. The van der Waals surface area contributed by atoms with Gasteiger partial charge in [-0.3, -0.25) is 4.90 Å². The van der Waals surface area contributed by atoms with Crippen molar-refractivity contribution in [3.8, 4) is 0 Å². The molecule has 0 amide bonds. The van der Waals surface area contributed by atoms with Gasteiger partial charge in [-0.1, -0.05) is 13.0 Å². The molecule has 2 rings (SSSR count). The highest BCUT2D eigenvalue weighted by molar-refractivity contribution is 5.38. The molecule has 0 spiro atoms. The Bertz CT molecular complexity index is 352. The van der Waals surface area contributed by atoms with E-state index >= 15 is 0 Å². The molecule has 1 aromatic rings. The van der Waals surface area contributed by atoms with Crippen molar-refractivity contribution in [3.05, 3.63) is 24.4 Å². The molecule has 0 saturated carbocycles. The minimum atomic E-state index is 0.186. The zero-order valence-electron chi connectivity index (χ0n) is 11.6. The average molecular weight is 264 g/mol. The molecule has 0 bridgehead atoms. The van der Waals surface area contributed by atoms with Gasteiger partial charge in [0.1, 0.15) is 5.82 Å². The van der Waals surface area contributed by atoms with E-state index in [1.54, 1.807) is 0 Å². The zero-order chi connectivity index (χ0) is 13.5. The molecule has 1 atom stereocenters. The number of hydrogen-bond acceptors (Lipinski definition) is 5. The van der Waals surface area contributed by atoms with E-state index in [2.05, 4.69) is 33.1 Å². The number of pyridine rings is 1. The van der Waals surface area contributed by atoms with Crippen LogP contribution >= 0.6 is 0 Å². The second kappa shape index (κ2) is 7.43. The van der Waals surface area contributed by atoms with Crippen molar-refractivity contribution in [2.75, 3.05) is 50.8 Å². The predicted octanol–water partition coefficient (Wildman–Crippen LogP) is 0.174. The van der Waals surface area contributed by atoms with Crippen LogP contribution in [-0.2, 0) is 0 Å². The number of hydrogen-bond donors (Lipinski definition) is 2. The molecule has 1 fully saturated rings. The summed E-state index contributed by atoms with van der Waals surface area (Å²) in [5, 5.41) is 12.6. The van der Waals surface area contributed by atoms with Crippen molar-refractivity contribution < 1.29 is 5.11 Å². The van der Waals surface area contributed by atoms with E-state index in [0.29, 0.717) is 0 Å². The second-order valence-electron chi connectivity index (χ2n) is 4.91. The van der Waals surface area contributed by atoms with Crippen LogP contribution in [0.25, 0.3) is 0 Å². The van der Waals surface area contributed by atoms with Crippen molar-refractivity contribution in [2.24, 2.45) is 0 Å². The molecule has 0 radical (unpaired) electrons. The second-order valence-corrected chi connectivity index (χ2v) is 4.91. The summed E-state index contributed by atoms with van der Waals surface area (Å²) in [6, 6.07) is 6.22. The lowest BCUT2D eigenvalue weighted by Gasteiger charge is -2.36. The van der Waals surface area contributed by atoms with Gasteiger partial charge in [0.2, 0.25) is 0 Å². The molecular formula is C14H24N4O. The average Bonchev–Trinajstić information content (AvgIpc) is 2.48. The largest absolute Gasteiger partial charge is 0.395 e. The summed E-state index contributed by atoms with van der Waals surface area (Å²) in [6.45, 7) is 8.15. The first-order chi connectivity index (χ1) is 9.33. The molecule has 5 nitrogen and oxygen atoms in total. The lowest BCUT2D eigenvalue weighted by atomic mass is 10.2. The normalized spacial score (nSPS) is 18.5. The minimum Gasteiger partial charge on any atom is -0.395 e. The number of rotatable bonds is 6. The number of nitrogens with one attached hydrogen (secondary N) is 1. The summed E-state index contributed by atoms with van der Waals surface area (Å²) in [6.07, 6.45) is 1.84. The summed E-state index contributed by atoms with van der Waals surface area (Å²) in [5.41, 5.74) is 0. The maximum atomic E-state index is 9.31. The molecule has 19 heavy (non-hydrogen) atoms. The summed E-state index contributed by atoms with van der Waals surface area (Å²) < 4.78 is 0. The summed E-state index contributed by atoms with van der Waals surface area (Å²) >= 11 is 0. The number of likely N-dealkylation sites (N-methyl/N-ethyl adjacent to an activating group) is 1. The van der Waals surface area contributed by atoms with Gasteiger partial charge in [0.05, 0.1) is 6.61 Å². The highest BCUT2D eigenvalue weighted by Gasteiger charge is 2.19. The third kappa shape index (κ3) is 4.16. The van der Waals surface area contributed by atoms with Crippen molar-refractivity contribution in [1.82, 2.24) is 15.2 Å². The van der Waals surface area contributed by atoms with Crippen LogP contribution in [0.3, 0.4) is 0 Å². The molecule has 1 aromatic heterocycles. The van der Waals surface area contributed by atoms with Crippen LogP contribution in [0.1, 0.15) is 6.92 Å². The Hall–Kier alpha value is -1.17. The Morgan fingerprint density at radius 1 is 1.32 bits per heavy atom. The fourth-order valence-electron chi connectivity index (χ4n) is 2.49. The number of aliphatic hydroxyl groups is 1. The van der Waals surface area contributed by atoms with Gasteiger partial charge in [-0.05, 0) is 18.7 Å². The van der Waals surface area contributed by atoms with Crippen LogP contribution < -0.4 is 10.2 Å². The molecule has 2 heterocycles. The number of anilines is 1. The van der Waals surface area contributed by atoms with E-state index in [0.717, 1.165) is 45.1 Å². The molecule has 2 N–H and O–H groups in total. The van der Waals surface area contributed by atoms with Crippen molar-refractivity contribution in [3.63, 3.8) is 0 Å². The van der Waals surface area contributed by atoms with Gasteiger partial charge in [0, 0.05) is 45.0 Å². The van der Waals surface area contributed by atoms with Gasteiger partial charge >= 0.3 is 0 Å². The highest BCUT2D eigenvalue weighted by atomic mass is 16.3. The third-order valence-corrected chi connectivity index (χ3v) is 3.54. The minimum absolute atomic E-state index is 0.186. The number of aliphatic hydroxyl groups excluding tert-OH is 1. The van der Waals surface area contributed by atoms with Crippen LogP contribution in [0.2, 0.25) is 0 Å². The molecule has 0 aliphatic carbocycles. The number of aromatic nitrogens is 1. The maximum Gasteiger partial charge on any atom is 0.128 e. The quantitative estimate of drug-likeness (QED) is 0.767. The van der Waals surface area contributed by atoms with Gasteiger partial charge in [-0.15, -0.1) is 0 Å². The molecule has 1 unspecified atom stereocenters. The van der Waals surface area contributed by atoms with Crippen LogP contribution in [0.4, 0.5) is 5.82 Å². The van der Waals surface area contributed by atoms with Crippen molar-refractivity contribution in [1.29, 1.82) is 0 Å². The van der Waals surface area contributed by atoms with E-state index in [9.17, 15) is 5.11 Å². The molecular weight excluding hydrogens is 240 g/mol. The van der Waals surface area contributed by atoms with E-state index in [1.807, 2.05) is 18.3 Å². The standard InChI is InChI=1S/C14H24N4O/c1-2-15-13(12-19)11-17-7-9-18(10-8-17)14-5-3-4-6-16-14/h3-6,13,15,19H,2,7-12H2,1H3. The number of piperazine rings is 1. The van der Waals surface area contributed by atoms with Crippen LogP contribution in [-0.4, -0.2) is 66.9 Å². The van der Waals surface area contributed by atoms with E-state index in [1.165, 1.54) is 0 Å². The van der Waals surface area contributed by atoms with Gasteiger partial charge in [-0.2, -0.15) is 0 Å². The van der Waals surface area contributed by atoms with Crippen molar-refractivity contribution >= 4 is 5.82 Å². The third-order valence-electron chi connectivity index (χ3n) is 3.54. The van der Waals surface area contributed by atoms with Gasteiger partial charge in [-0.25, -0.2) is 4.98 Å². The van der Waals surface area contributed by atoms with Gasteiger partial charge in [0.25, 0.3) is 0 Å². The monoisotopic (exact) mass is 264 g/mol. The first-order valence-corrected chi connectivity index (χ1v) is 7.06. The molecule has 5 heteroatoms. The Morgan fingerprint density at radius 2 is 2.11 bits per heavy atom. The lowest BCUT2D eigenvalue weighted by Crippen LogP contribution is -2.51. The van der Waals surface area contributed by atoms with Crippen LogP contribution in [0.15, 0.2) is 24.4 Å². The smallest absolute Gasteiger partial charge is 0.128 e. The Labute approximate surface area is 115 Å². The van der Waals surface area contributed by atoms with Gasteiger partial charge in [0.15, 0.2) is 0 Å². The first kappa shape index (κ1) is 14.2. The van der Waals surface area contributed by atoms with Crippen LogP contribution in [0.5, 0.6) is 0 Å². The lowest BCUT2D eigenvalue weighted by molar-refractivity contribution is 0.176. The summed E-state index contributed by atoms with van der Waals surface area (Å²) in [5.74, 6) is 1.06. The van der Waals surface area contributed by atoms with Crippen LogP contribution in [0, 0.1) is 0 Å². The van der Waals surface area contributed by atoms with Crippen molar-refractivity contribution in [2.45, 2.75) is 13.0 Å². The van der Waals surface area contributed by atoms with E-state index in [-0.39, 0.29) is 12.6 Å². The Kier molecular flexibility index (Phi) is 5.57.